The molecule has 0 aromatic heterocycles. The molecule has 1 aliphatic carbocycles. The summed E-state index contributed by atoms with van der Waals surface area (Å²) in [4.78, 5) is 34.7. The number of carbonyl (C=O) groups is 3. The van der Waals surface area contributed by atoms with Crippen molar-refractivity contribution in [2.45, 2.75) is 25.7 Å². The Balaban J connectivity index is 1.97. The van der Waals surface area contributed by atoms with Gasteiger partial charge in [-0.25, -0.2) is 0 Å². The Morgan fingerprint density at radius 2 is 1.74 bits per heavy atom. The van der Waals surface area contributed by atoms with Crippen LogP contribution in [0.15, 0.2) is 18.2 Å². The summed E-state index contributed by atoms with van der Waals surface area (Å²) in [6.45, 7) is 0. The molecule has 1 aliphatic rings. The van der Waals surface area contributed by atoms with Crippen LogP contribution in [0.25, 0.3) is 0 Å². The Labute approximate surface area is 139 Å². The molecule has 6 nitrogen and oxygen atoms in total. The van der Waals surface area contributed by atoms with Crippen LogP contribution in [-0.4, -0.2) is 29.9 Å². The molecule has 23 heavy (non-hydrogen) atoms. The average Bonchev–Trinajstić information content (AvgIpc) is 2.54. The molecule has 0 spiro atoms. The van der Waals surface area contributed by atoms with Gasteiger partial charge < -0.3 is 15.7 Å². The van der Waals surface area contributed by atoms with Gasteiger partial charge >= 0.3 is 5.97 Å². The molecule has 0 atom stereocenters. The first-order valence-electron chi connectivity index (χ1n) is 7.47. The summed E-state index contributed by atoms with van der Waals surface area (Å²) in [5.41, 5.74) is 0.863. The number of carboxylic acids is 1. The Morgan fingerprint density at radius 1 is 1.13 bits per heavy atom. The lowest BCUT2D eigenvalue weighted by Crippen LogP contribution is -2.29. The first kappa shape index (κ1) is 17.3. The second-order valence-corrected chi connectivity index (χ2v) is 6.06. The zero-order valence-corrected chi connectivity index (χ0v) is 13.5. The van der Waals surface area contributed by atoms with Gasteiger partial charge in [0, 0.05) is 18.7 Å². The summed E-state index contributed by atoms with van der Waals surface area (Å²) in [5.74, 6) is -1.76. The zero-order valence-electron chi connectivity index (χ0n) is 12.8. The monoisotopic (exact) mass is 338 g/mol. The standard InChI is InChI=1S/C16H19ClN2O4/c1-18-15(21)12-7-6-11(8-13(12)17)19-14(20)9-2-4-10(5-3-9)16(22)23/h6-10H,2-5H2,1H3,(H,18,21)(H,19,20)(H,22,23). The number of rotatable bonds is 4. The second-order valence-electron chi connectivity index (χ2n) is 5.65. The van der Waals surface area contributed by atoms with Crippen molar-refractivity contribution in [1.29, 1.82) is 0 Å². The highest BCUT2D eigenvalue weighted by Gasteiger charge is 2.29. The van der Waals surface area contributed by atoms with E-state index in [1.165, 1.54) is 13.1 Å². The summed E-state index contributed by atoms with van der Waals surface area (Å²) in [6.07, 6.45) is 2.16. The van der Waals surface area contributed by atoms with Crippen LogP contribution in [0.5, 0.6) is 0 Å². The van der Waals surface area contributed by atoms with Gasteiger partial charge in [-0.2, -0.15) is 0 Å². The van der Waals surface area contributed by atoms with Crippen LogP contribution in [0.3, 0.4) is 0 Å². The fourth-order valence-electron chi connectivity index (χ4n) is 2.76. The van der Waals surface area contributed by atoms with E-state index >= 15 is 0 Å². The number of hydrogen-bond donors (Lipinski definition) is 3. The Morgan fingerprint density at radius 3 is 2.26 bits per heavy atom. The minimum Gasteiger partial charge on any atom is -0.481 e. The van der Waals surface area contributed by atoms with Gasteiger partial charge in [0.25, 0.3) is 5.91 Å². The van der Waals surface area contributed by atoms with E-state index in [4.69, 9.17) is 16.7 Å². The molecule has 3 N–H and O–H groups in total. The number of carboxylic acid groups (broad SMARTS) is 1. The van der Waals surface area contributed by atoms with Crippen molar-refractivity contribution in [1.82, 2.24) is 5.32 Å². The Hall–Kier alpha value is -2.08. The van der Waals surface area contributed by atoms with Gasteiger partial charge in [-0.15, -0.1) is 0 Å². The van der Waals surface area contributed by atoms with Crippen molar-refractivity contribution in [3.63, 3.8) is 0 Å². The third-order valence-corrected chi connectivity index (χ3v) is 4.47. The first-order valence-corrected chi connectivity index (χ1v) is 7.85. The number of halogens is 1. The molecule has 124 valence electrons. The average molecular weight is 339 g/mol. The number of anilines is 1. The van der Waals surface area contributed by atoms with Crippen molar-refractivity contribution in [3.8, 4) is 0 Å². The fraction of sp³-hybridized carbons (Fsp3) is 0.438. The molecule has 0 radical (unpaired) electrons. The summed E-state index contributed by atoms with van der Waals surface area (Å²) >= 11 is 6.05. The molecule has 0 bridgehead atoms. The lowest BCUT2D eigenvalue weighted by Gasteiger charge is -2.25. The molecule has 0 heterocycles. The lowest BCUT2D eigenvalue weighted by atomic mass is 9.81. The maximum absolute atomic E-state index is 12.2. The van der Waals surface area contributed by atoms with Crippen LogP contribution in [0.4, 0.5) is 5.69 Å². The van der Waals surface area contributed by atoms with Gasteiger partial charge in [0.2, 0.25) is 5.91 Å². The molecule has 0 unspecified atom stereocenters. The molecule has 7 heteroatoms. The second kappa shape index (κ2) is 7.46. The highest BCUT2D eigenvalue weighted by Crippen LogP contribution is 2.30. The summed E-state index contributed by atoms with van der Waals surface area (Å²) < 4.78 is 0. The van der Waals surface area contributed by atoms with E-state index in [0.29, 0.717) is 36.9 Å². The van der Waals surface area contributed by atoms with E-state index < -0.39 is 5.97 Å². The van der Waals surface area contributed by atoms with E-state index in [-0.39, 0.29) is 28.7 Å². The molecule has 2 amide bonds. The summed E-state index contributed by atoms with van der Waals surface area (Å²) in [7, 11) is 1.52. The minimum absolute atomic E-state index is 0.141. The predicted octanol–water partition coefficient (Wildman–Crippen LogP) is 2.53. The van der Waals surface area contributed by atoms with Crippen molar-refractivity contribution in [2.75, 3.05) is 12.4 Å². The van der Waals surface area contributed by atoms with Gasteiger partial charge in [0.15, 0.2) is 0 Å². The molecular weight excluding hydrogens is 320 g/mol. The lowest BCUT2D eigenvalue weighted by molar-refractivity contribution is -0.143. The maximum atomic E-state index is 12.2. The van der Waals surface area contributed by atoms with Crippen molar-refractivity contribution in [2.24, 2.45) is 11.8 Å². The van der Waals surface area contributed by atoms with Gasteiger partial charge in [0.1, 0.15) is 0 Å². The van der Waals surface area contributed by atoms with E-state index in [0.717, 1.165) is 0 Å². The molecule has 0 saturated heterocycles. The third kappa shape index (κ3) is 4.22. The van der Waals surface area contributed by atoms with Crippen LogP contribution < -0.4 is 10.6 Å². The number of aliphatic carboxylic acids is 1. The van der Waals surface area contributed by atoms with E-state index in [1.807, 2.05) is 0 Å². The molecule has 0 aliphatic heterocycles. The van der Waals surface area contributed by atoms with Gasteiger partial charge in [-0.3, -0.25) is 14.4 Å². The number of benzene rings is 1. The SMILES string of the molecule is CNC(=O)c1ccc(NC(=O)C2CCC(C(=O)O)CC2)cc1Cl. The van der Waals surface area contributed by atoms with Crippen LogP contribution >= 0.6 is 11.6 Å². The van der Waals surface area contributed by atoms with Crippen molar-refractivity contribution < 1.29 is 19.5 Å². The summed E-state index contributed by atoms with van der Waals surface area (Å²) in [5, 5.41) is 14.5. The Bertz CT molecular complexity index is 625. The number of carbonyl (C=O) groups excluding carboxylic acids is 2. The molecule has 1 aromatic rings. The normalized spacial score (nSPS) is 20.6. The molecule has 2 rings (SSSR count). The van der Waals surface area contributed by atoms with Crippen LogP contribution in [0, 0.1) is 11.8 Å². The topological polar surface area (TPSA) is 95.5 Å². The minimum atomic E-state index is -0.791. The largest absolute Gasteiger partial charge is 0.481 e. The molecule has 1 fully saturated rings. The summed E-state index contributed by atoms with van der Waals surface area (Å²) in [6, 6.07) is 4.71. The van der Waals surface area contributed by atoms with Crippen molar-refractivity contribution >= 4 is 35.1 Å². The molecule has 1 saturated carbocycles. The predicted molar refractivity (Wildman–Crippen MR) is 86.6 cm³/mol. The van der Waals surface area contributed by atoms with Crippen molar-refractivity contribution in [3.05, 3.63) is 28.8 Å². The number of nitrogens with one attached hydrogen (secondary N) is 2. The highest BCUT2D eigenvalue weighted by atomic mass is 35.5. The number of hydrogen-bond acceptors (Lipinski definition) is 3. The van der Waals surface area contributed by atoms with E-state index in [2.05, 4.69) is 10.6 Å². The fourth-order valence-corrected chi connectivity index (χ4v) is 3.02. The van der Waals surface area contributed by atoms with Gasteiger partial charge in [-0.05, 0) is 43.9 Å². The quantitative estimate of drug-likeness (QED) is 0.786. The van der Waals surface area contributed by atoms with Gasteiger partial charge in [0.05, 0.1) is 16.5 Å². The Kier molecular flexibility index (Phi) is 5.60. The van der Waals surface area contributed by atoms with E-state index in [9.17, 15) is 14.4 Å². The zero-order chi connectivity index (χ0) is 17.0. The van der Waals surface area contributed by atoms with Crippen LogP contribution in [-0.2, 0) is 9.59 Å². The maximum Gasteiger partial charge on any atom is 0.306 e. The highest BCUT2D eigenvalue weighted by molar-refractivity contribution is 6.34. The third-order valence-electron chi connectivity index (χ3n) is 4.16. The first-order chi connectivity index (χ1) is 10.9. The number of amides is 2. The van der Waals surface area contributed by atoms with E-state index in [1.54, 1.807) is 12.1 Å². The van der Waals surface area contributed by atoms with Crippen LogP contribution in [0.1, 0.15) is 36.0 Å². The molecular formula is C16H19ClN2O4. The van der Waals surface area contributed by atoms with Crippen LogP contribution in [0.2, 0.25) is 5.02 Å². The smallest absolute Gasteiger partial charge is 0.306 e. The molecule has 1 aromatic carbocycles. The van der Waals surface area contributed by atoms with Gasteiger partial charge in [-0.1, -0.05) is 11.6 Å².